The van der Waals surface area contributed by atoms with Gasteiger partial charge in [-0.25, -0.2) is 5.01 Å². The van der Waals surface area contributed by atoms with Crippen molar-refractivity contribution in [2.45, 2.75) is 38.1 Å². The van der Waals surface area contributed by atoms with E-state index in [1.165, 1.54) is 10.6 Å². The van der Waals surface area contributed by atoms with Crippen LogP contribution in [0.3, 0.4) is 0 Å². The molecule has 0 saturated carbocycles. The van der Waals surface area contributed by atoms with Crippen molar-refractivity contribution >= 4 is 29.1 Å². The Balaban J connectivity index is 1.48. The van der Waals surface area contributed by atoms with Gasteiger partial charge in [0, 0.05) is 24.1 Å². The molecule has 28 heavy (non-hydrogen) atoms. The van der Waals surface area contributed by atoms with Gasteiger partial charge in [-0.05, 0) is 66.8 Å². The van der Waals surface area contributed by atoms with Gasteiger partial charge < -0.3 is 11.1 Å². The molecule has 1 saturated heterocycles. The molecule has 1 aliphatic heterocycles. The van der Waals surface area contributed by atoms with Crippen LogP contribution in [0.25, 0.3) is 0 Å². The smallest absolute Gasteiger partial charge is 0.251 e. The fourth-order valence-electron chi connectivity index (χ4n) is 3.77. The highest BCUT2D eigenvalue weighted by Crippen LogP contribution is 2.31. The molecular formula is C21H22N4O3. The van der Waals surface area contributed by atoms with Crippen molar-refractivity contribution in [3.63, 3.8) is 0 Å². The average Bonchev–Trinajstić information content (AvgIpc) is 2.70. The zero-order valence-electron chi connectivity index (χ0n) is 15.4. The minimum atomic E-state index is -0.196. The summed E-state index contributed by atoms with van der Waals surface area (Å²) in [4.78, 5) is 36.2. The maximum absolute atomic E-state index is 12.7. The van der Waals surface area contributed by atoms with E-state index in [2.05, 4.69) is 10.7 Å². The van der Waals surface area contributed by atoms with E-state index in [0.29, 0.717) is 11.3 Å². The van der Waals surface area contributed by atoms with Crippen LogP contribution in [0.2, 0.25) is 0 Å². The number of amides is 3. The van der Waals surface area contributed by atoms with Gasteiger partial charge in [-0.15, -0.1) is 0 Å². The minimum absolute atomic E-state index is 0.0421. The Morgan fingerprint density at radius 3 is 2.64 bits per heavy atom. The van der Waals surface area contributed by atoms with Gasteiger partial charge >= 0.3 is 0 Å². The zero-order chi connectivity index (χ0) is 19.7. The van der Waals surface area contributed by atoms with E-state index in [9.17, 15) is 14.4 Å². The van der Waals surface area contributed by atoms with Gasteiger partial charge in [-0.3, -0.25) is 19.8 Å². The number of carbonyl (C=O) groups is 3. The van der Waals surface area contributed by atoms with E-state index in [1.54, 1.807) is 24.3 Å². The number of hydrogen-bond donors (Lipinski definition) is 3. The number of nitrogens with one attached hydrogen (secondary N) is 2. The first-order chi connectivity index (χ1) is 13.5. The molecule has 3 amide bonds. The molecule has 4 rings (SSSR count). The maximum atomic E-state index is 12.7. The van der Waals surface area contributed by atoms with Crippen LogP contribution in [0.15, 0.2) is 42.5 Å². The molecule has 2 aromatic rings. The zero-order valence-corrected chi connectivity index (χ0v) is 15.4. The predicted octanol–water partition coefficient (Wildman–Crippen LogP) is 2.23. The monoisotopic (exact) mass is 378 g/mol. The summed E-state index contributed by atoms with van der Waals surface area (Å²) < 4.78 is 0. The molecule has 144 valence electrons. The van der Waals surface area contributed by atoms with Gasteiger partial charge in [0.05, 0.1) is 11.7 Å². The Morgan fingerprint density at radius 2 is 1.86 bits per heavy atom. The van der Waals surface area contributed by atoms with Crippen molar-refractivity contribution < 1.29 is 14.4 Å². The third-order valence-electron chi connectivity index (χ3n) is 5.23. The van der Waals surface area contributed by atoms with Crippen LogP contribution in [0.5, 0.6) is 0 Å². The van der Waals surface area contributed by atoms with E-state index < -0.39 is 0 Å². The van der Waals surface area contributed by atoms with Crippen molar-refractivity contribution in [3.05, 3.63) is 59.2 Å². The maximum Gasteiger partial charge on any atom is 0.251 e. The number of nitrogens with zero attached hydrogens (tertiary/aromatic N) is 1. The summed E-state index contributed by atoms with van der Waals surface area (Å²) in [6, 6.07) is 12.4. The number of nitrogen functional groups attached to an aromatic ring is 1. The van der Waals surface area contributed by atoms with Crippen LogP contribution in [-0.2, 0) is 16.0 Å². The third kappa shape index (κ3) is 3.55. The molecule has 1 unspecified atom stereocenters. The number of fused-ring (bicyclic) bond motifs is 1. The molecule has 0 spiro atoms. The second-order valence-corrected chi connectivity index (χ2v) is 7.19. The number of carbonyl (C=O) groups excluding carboxylic acids is 3. The number of hydrazine groups is 1. The summed E-state index contributed by atoms with van der Waals surface area (Å²) in [5, 5.41) is 4.33. The summed E-state index contributed by atoms with van der Waals surface area (Å²) in [6.45, 7) is 0. The fourth-order valence-corrected chi connectivity index (χ4v) is 3.77. The van der Waals surface area contributed by atoms with Crippen molar-refractivity contribution in [2.75, 3.05) is 10.7 Å². The van der Waals surface area contributed by atoms with E-state index >= 15 is 0 Å². The summed E-state index contributed by atoms with van der Waals surface area (Å²) in [5.41, 5.74) is 12.5. The fraction of sp³-hybridized carbons (Fsp3) is 0.286. The number of anilines is 2. The van der Waals surface area contributed by atoms with Gasteiger partial charge in [0.1, 0.15) is 0 Å². The molecule has 0 aromatic heterocycles. The first-order valence-corrected chi connectivity index (χ1v) is 9.43. The van der Waals surface area contributed by atoms with Gasteiger partial charge in [0.15, 0.2) is 0 Å². The molecule has 0 radical (unpaired) electrons. The molecule has 7 nitrogen and oxygen atoms in total. The van der Waals surface area contributed by atoms with Crippen LogP contribution < -0.4 is 21.5 Å². The molecule has 7 heteroatoms. The first kappa shape index (κ1) is 18.0. The highest BCUT2D eigenvalue weighted by molar-refractivity contribution is 6.01. The Morgan fingerprint density at radius 1 is 1.07 bits per heavy atom. The number of nitrogens with two attached hydrogens (primary N) is 1. The number of hydrogen-bond acceptors (Lipinski definition) is 4. The molecule has 1 aliphatic carbocycles. The largest absolute Gasteiger partial charge is 0.399 e. The van der Waals surface area contributed by atoms with Crippen LogP contribution in [0, 0.1) is 0 Å². The van der Waals surface area contributed by atoms with Crippen LogP contribution in [-0.4, -0.2) is 17.7 Å². The number of aryl methyl sites for hydroxylation is 1. The van der Waals surface area contributed by atoms with E-state index in [-0.39, 0.29) is 36.6 Å². The molecule has 4 N–H and O–H groups in total. The number of rotatable bonds is 3. The Labute approximate surface area is 162 Å². The van der Waals surface area contributed by atoms with Crippen LogP contribution in [0.1, 0.15) is 53.2 Å². The topological polar surface area (TPSA) is 105 Å². The van der Waals surface area contributed by atoms with E-state index in [1.807, 2.05) is 18.2 Å². The lowest BCUT2D eigenvalue weighted by Crippen LogP contribution is -2.50. The Bertz CT molecular complexity index is 939. The van der Waals surface area contributed by atoms with Crippen molar-refractivity contribution in [3.8, 4) is 0 Å². The third-order valence-corrected chi connectivity index (χ3v) is 5.23. The minimum Gasteiger partial charge on any atom is -0.399 e. The second-order valence-electron chi connectivity index (χ2n) is 7.19. The standard InChI is InChI=1S/C21H22N4O3/c22-15-6-9-17-14(12-15)2-1-3-18(17)23-21(28)13-4-7-16(8-5-13)25-20(27)11-10-19(26)24-25/h4-9,12,18H,1-3,10-11,22H2,(H,23,28)(H,24,26). The molecule has 2 aromatic carbocycles. The van der Waals surface area contributed by atoms with Gasteiger partial charge in [0.25, 0.3) is 5.91 Å². The second kappa shape index (κ2) is 7.34. The SMILES string of the molecule is Nc1ccc2c(c1)CCCC2NC(=O)c1ccc(N2NC(=O)CCC2=O)cc1. The summed E-state index contributed by atoms with van der Waals surface area (Å²) in [6.07, 6.45) is 3.23. The van der Waals surface area contributed by atoms with Gasteiger partial charge in [0.2, 0.25) is 11.8 Å². The summed E-state index contributed by atoms with van der Waals surface area (Å²) >= 11 is 0. The van der Waals surface area contributed by atoms with Gasteiger partial charge in [-0.2, -0.15) is 0 Å². The Kier molecular flexibility index (Phi) is 4.73. The normalized spacial score (nSPS) is 19.0. The molecule has 1 fully saturated rings. The van der Waals surface area contributed by atoms with Crippen LogP contribution >= 0.6 is 0 Å². The van der Waals surface area contributed by atoms with Crippen LogP contribution in [0.4, 0.5) is 11.4 Å². The van der Waals surface area contributed by atoms with E-state index in [0.717, 1.165) is 30.5 Å². The van der Waals surface area contributed by atoms with Crippen molar-refractivity contribution in [1.29, 1.82) is 0 Å². The quantitative estimate of drug-likeness (QED) is 0.713. The molecule has 1 heterocycles. The lowest BCUT2D eigenvalue weighted by atomic mass is 9.87. The predicted molar refractivity (Wildman–Crippen MR) is 105 cm³/mol. The number of benzene rings is 2. The summed E-state index contributed by atoms with van der Waals surface area (Å²) in [7, 11) is 0. The molecular weight excluding hydrogens is 356 g/mol. The average molecular weight is 378 g/mol. The molecule has 0 bridgehead atoms. The highest BCUT2D eigenvalue weighted by Gasteiger charge is 2.25. The van der Waals surface area contributed by atoms with Crippen molar-refractivity contribution in [2.24, 2.45) is 0 Å². The van der Waals surface area contributed by atoms with Gasteiger partial charge in [-0.1, -0.05) is 6.07 Å². The lowest BCUT2D eigenvalue weighted by Gasteiger charge is -2.28. The van der Waals surface area contributed by atoms with Crippen molar-refractivity contribution in [1.82, 2.24) is 10.7 Å². The Hall–Kier alpha value is -3.35. The molecule has 2 aliphatic rings. The first-order valence-electron chi connectivity index (χ1n) is 9.43. The molecule has 1 atom stereocenters. The lowest BCUT2D eigenvalue weighted by molar-refractivity contribution is -0.130. The van der Waals surface area contributed by atoms with E-state index in [4.69, 9.17) is 5.73 Å². The summed E-state index contributed by atoms with van der Waals surface area (Å²) in [5.74, 6) is -0.539. The highest BCUT2D eigenvalue weighted by atomic mass is 16.2.